The van der Waals surface area contributed by atoms with Crippen molar-refractivity contribution < 1.29 is 13.5 Å². The predicted molar refractivity (Wildman–Crippen MR) is 56.9 cm³/mol. The molecule has 0 unspecified atom stereocenters. The van der Waals surface area contributed by atoms with E-state index in [2.05, 4.69) is 6.58 Å². The summed E-state index contributed by atoms with van der Waals surface area (Å²) in [6.45, 7) is 3.59. The summed E-state index contributed by atoms with van der Waals surface area (Å²) < 4.78 is 22.5. The molecular weight excluding hydrogens is 200 g/mol. The highest BCUT2D eigenvalue weighted by Crippen LogP contribution is 2.33. The fraction of sp³-hybridized carbons (Fsp3) is 0.800. The van der Waals surface area contributed by atoms with Crippen LogP contribution in [0.2, 0.25) is 0 Å². The minimum atomic E-state index is -2.93. The third kappa shape index (κ3) is 2.82. The zero-order chi connectivity index (χ0) is 10.8. The summed E-state index contributed by atoms with van der Waals surface area (Å²) in [5.74, 6) is 0. The smallest absolute Gasteiger partial charge is 0.150 e. The maximum atomic E-state index is 11.3. The Hall–Kier alpha value is -0.350. The monoisotopic (exact) mass is 218 g/mol. The molecule has 1 fully saturated rings. The molecule has 1 N–H and O–H groups in total. The Labute approximate surface area is 85.7 Å². The van der Waals surface area contributed by atoms with Crippen molar-refractivity contribution >= 4 is 9.84 Å². The molecule has 0 bridgehead atoms. The van der Waals surface area contributed by atoms with E-state index in [1.807, 2.05) is 0 Å². The van der Waals surface area contributed by atoms with Crippen LogP contribution >= 0.6 is 0 Å². The third-order valence-corrected chi connectivity index (χ3v) is 4.68. The normalized spacial score (nSPS) is 34.0. The number of hydrogen-bond donors (Lipinski definition) is 1. The summed E-state index contributed by atoms with van der Waals surface area (Å²) in [4.78, 5) is 0. The summed E-state index contributed by atoms with van der Waals surface area (Å²) in [6.07, 6.45) is 5.81. The fourth-order valence-electron chi connectivity index (χ4n) is 2.03. The lowest BCUT2D eigenvalue weighted by atomic mass is 9.82. The molecule has 0 aromatic rings. The Kier molecular flexibility index (Phi) is 3.37. The van der Waals surface area contributed by atoms with Crippen LogP contribution in [0.5, 0.6) is 0 Å². The largest absolute Gasteiger partial charge is 0.390 e. The first-order valence-electron chi connectivity index (χ1n) is 4.89. The molecule has 1 saturated carbocycles. The lowest BCUT2D eigenvalue weighted by Gasteiger charge is -2.34. The minimum absolute atomic E-state index is 0.257. The standard InChI is InChI=1S/C10H18O3S/c1-3-6-10(11)7-4-9(5-8-10)14(2,12)13/h3,9,11H,1,4-8H2,2H3/t9-,10+. The molecule has 0 amide bonds. The molecule has 0 radical (unpaired) electrons. The van der Waals surface area contributed by atoms with Crippen molar-refractivity contribution in [3.05, 3.63) is 12.7 Å². The van der Waals surface area contributed by atoms with Crippen LogP contribution in [0.25, 0.3) is 0 Å². The summed E-state index contributed by atoms with van der Waals surface area (Å²) >= 11 is 0. The van der Waals surface area contributed by atoms with Crippen molar-refractivity contribution in [2.24, 2.45) is 0 Å². The number of hydrogen-bond acceptors (Lipinski definition) is 3. The second-order valence-electron chi connectivity index (χ2n) is 4.25. The molecule has 1 aliphatic rings. The van der Waals surface area contributed by atoms with Crippen LogP contribution in [0.1, 0.15) is 32.1 Å². The summed E-state index contributed by atoms with van der Waals surface area (Å²) in [5, 5.41) is 9.73. The van der Waals surface area contributed by atoms with Gasteiger partial charge in [0.25, 0.3) is 0 Å². The average Bonchev–Trinajstić information content (AvgIpc) is 2.03. The van der Waals surface area contributed by atoms with E-state index in [-0.39, 0.29) is 5.25 Å². The van der Waals surface area contributed by atoms with Crippen LogP contribution < -0.4 is 0 Å². The van der Waals surface area contributed by atoms with Gasteiger partial charge in [-0.2, -0.15) is 0 Å². The molecule has 0 aliphatic heterocycles. The van der Waals surface area contributed by atoms with Crippen molar-refractivity contribution in [3.8, 4) is 0 Å². The molecule has 0 heterocycles. The molecular formula is C10H18O3S. The van der Waals surface area contributed by atoms with E-state index < -0.39 is 15.4 Å². The van der Waals surface area contributed by atoms with Gasteiger partial charge in [-0.05, 0) is 32.1 Å². The minimum Gasteiger partial charge on any atom is -0.390 e. The van der Waals surface area contributed by atoms with Gasteiger partial charge in [0.1, 0.15) is 9.84 Å². The maximum absolute atomic E-state index is 11.3. The molecule has 3 nitrogen and oxygen atoms in total. The fourth-order valence-corrected chi connectivity index (χ4v) is 3.12. The summed E-state index contributed by atoms with van der Waals surface area (Å²) in [5.41, 5.74) is -0.705. The predicted octanol–water partition coefficient (Wildman–Crippen LogP) is 1.28. The second-order valence-corrected chi connectivity index (χ2v) is 6.57. The Morgan fingerprint density at radius 1 is 1.50 bits per heavy atom. The van der Waals surface area contributed by atoms with Gasteiger partial charge in [-0.3, -0.25) is 0 Å². The van der Waals surface area contributed by atoms with Gasteiger partial charge in [-0.25, -0.2) is 8.42 Å². The lowest BCUT2D eigenvalue weighted by molar-refractivity contribution is 0.00795. The quantitative estimate of drug-likeness (QED) is 0.726. The Morgan fingerprint density at radius 2 is 2.00 bits per heavy atom. The third-order valence-electron chi connectivity index (χ3n) is 2.99. The second kappa shape index (κ2) is 4.03. The highest BCUT2D eigenvalue weighted by atomic mass is 32.2. The molecule has 14 heavy (non-hydrogen) atoms. The van der Waals surface area contributed by atoms with Gasteiger partial charge in [-0.15, -0.1) is 6.58 Å². The number of aliphatic hydroxyl groups is 1. The molecule has 4 heteroatoms. The van der Waals surface area contributed by atoms with E-state index in [0.29, 0.717) is 32.1 Å². The first kappa shape index (κ1) is 11.7. The van der Waals surface area contributed by atoms with Crippen molar-refractivity contribution in [2.75, 3.05) is 6.26 Å². The van der Waals surface area contributed by atoms with Crippen molar-refractivity contribution in [1.29, 1.82) is 0 Å². The van der Waals surface area contributed by atoms with Crippen molar-refractivity contribution in [2.45, 2.75) is 43.0 Å². The first-order chi connectivity index (χ1) is 6.37. The van der Waals surface area contributed by atoms with Gasteiger partial charge in [0, 0.05) is 6.26 Å². The van der Waals surface area contributed by atoms with E-state index in [1.54, 1.807) is 6.08 Å². The molecule has 0 atom stereocenters. The van der Waals surface area contributed by atoms with Crippen LogP contribution in [-0.4, -0.2) is 30.6 Å². The first-order valence-corrected chi connectivity index (χ1v) is 6.85. The summed E-state index contributed by atoms with van der Waals surface area (Å²) in [7, 11) is -2.93. The van der Waals surface area contributed by atoms with Gasteiger partial charge in [0.15, 0.2) is 0 Å². The van der Waals surface area contributed by atoms with E-state index >= 15 is 0 Å². The maximum Gasteiger partial charge on any atom is 0.150 e. The Morgan fingerprint density at radius 3 is 2.36 bits per heavy atom. The molecule has 0 aromatic heterocycles. The average molecular weight is 218 g/mol. The van der Waals surface area contributed by atoms with Crippen LogP contribution in [0, 0.1) is 0 Å². The molecule has 0 saturated heterocycles. The molecule has 1 rings (SSSR count). The van der Waals surface area contributed by atoms with E-state index in [9.17, 15) is 13.5 Å². The van der Waals surface area contributed by atoms with E-state index in [1.165, 1.54) is 6.26 Å². The lowest BCUT2D eigenvalue weighted by Crippen LogP contribution is -2.37. The van der Waals surface area contributed by atoms with Crippen molar-refractivity contribution in [3.63, 3.8) is 0 Å². The van der Waals surface area contributed by atoms with Gasteiger partial charge in [-0.1, -0.05) is 6.08 Å². The van der Waals surface area contributed by atoms with E-state index in [4.69, 9.17) is 0 Å². The molecule has 82 valence electrons. The number of rotatable bonds is 3. The highest BCUT2D eigenvalue weighted by molar-refractivity contribution is 7.91. The van der Waals surface area contributed by atoms with Crippen LogP contribution in [0.4, 0.5) is 0 Å². The summed E-state index contributed by atoms with van der Waals surface area (Å²) in [6, 6.07) is 0. The highest BCUT2D eigenvalue weighted by Gasteiger charge is 2.35. The van der Waals surface area contributed by atoms with Gasteiger partial charge in [0.05, 0.1) is 10.9 Å². The zero-order valence-corrected chi connectivity index (χ0v) is 9.39. The Balaban J connectivity index is 2.58. The van der Waals surface area contributed by atoms with Crippen LogP contribution in [0.3, 0.4) is 0 Å². The topological polar surface area (TPSA) is 54.4 Å². The van der Waals surface area contributed by atoms with Crippen molar-refractivity contribution in [1.82, 2.24) is 0 Å². The van der Waals surface area contributed by atoms with Gasteiger partial charge in [0.2, 0.25) is 0 Å². The molecule has 0 aromatic carbocycles. The van der Waals surface area contributed by atoms with Gasteiger partial charge < -0.3 is 5.11 Å². The van der Waals surface area contributed by atoms with Gasteiger partial charge >= 0.3 is 0 Å². The van der Waals surface area contributed by atoms with Crippen LogP contribution in [-0.2, 0) is 9.84 Å². The SMILES string of the molecule is C=CC[C@]1(O)CC[C@@H](S(C)(=O)=O)CC1. The Bertz CT molecular complexity index is 297. The molecule has 0 spiro atoms. The number of sulfone groups is 1. The van der Waals surface area contributed by atoms with E-state index in [0.717, 1.165) is 0 Å². The zero-order valence-electron chi connectivity index (χ0n) is 8.57. The van der Waals surface area contributed by atoms with Crippen LogP contribution in [0.15, 0.2) is 12.7 Å². The molecule has 1 aliphatic carbocycles.